The lowest BCUT2D eigenvalue weighted by Crippen LogP contribution is -2.47. The summed E-state index contributed by atoms with van der Waals surface area (Å²) in [7, 11) is 0. The van der Waals surface area contributed by atoms with Crippen LogP contribution in [-0.4, -0.2) is 78.2 Å². The van der Waals surface area contributed by atoms with Crippen LogP contribution < -0.4 is 5.32 Å². The van der Waals surface area contributed by atoms with Gasteiger partial charge in [-0.1, -0.05) is 12.1 Å². The number of hydrogen-bond donors (Lipinski definition) is 1. The predicted molar refractivity (Wildman–Crippen MR) is 106 cm³/mol. The molecule has 0 spiro atoms. The first-order chi connectivity index (χ1) is 14.1. The molecule has 0 bridgehead atoms. The molecule has 8 nitrogen and oxygen atoms in total. The van der Waals surface area contributed by atoms with Crippen molar-refractivity contribution in [2.75, 3.05) is 39.4 Å². The topological polar surface area (TPSA) is 87.9 Å². The first kappa shape index (κ1) is 20.3. The molecule has 1 saturated carbocycles. The monoisotopic (exact) mass is 404 g/mol. The van der Waals surface area contributed by atoms with Gasteiger partial charge in [0.2, 0.25) is 11.7 Å². The number of morpholine rings is 1. The lowest BCUT2D eigenvalue weighted by Gasteiger charge is -2.32. The molecule has 8 heteroatoms. The Bertz CT molecular complexity index is 711. The molecule has 2 amide bonds. The van der Waals surface area contributed by atoms with Gasteiger partial charge in [-0.3, -0.25) is 14.5 Å². The van der Waals surface area contributed by atoms with Crippen molar-refractivity contribution in [3.05, 3.63) is 17.5 Å². The maximum absolute atomic E-state index is 12.7. The second-order valence-electron chi connectivity index (χ2n) is 8.47. The summed E-state index contributed by atoms with van der Waals surface area (Å²) in [6.07, 6.45) is 5.87. The van der Waals surface area contributed by atoms with Gasteiger partial charge < -0.3 is 19.5 Å². The van der Waals surface area contributed by atoms with Crippen molar-refractivity contribution in [1.82, 2.24) is 20.3 Å². The summed E-state index contributed by atoms with van der Waals surface area (Å²) in [5.74, 6) is 1.04. The Labute approximate surface area is 171 Å². The summed E-state index contributed by atoms with van der Waals surface area (Å²) in [5, 5.41) is 6.90. The number of carbonyl (C=O) groups excluding carboxylic acids is 2. The molecule has 2 aliphatic heterocycles. The minimum atomic E-state index is -0.212. The van der Waals surface area contributed by atoms with Crippen LogP contribution in [-0.2, 0) is 16.0 Å². The van der Waals surface area contributed by atoms with E-state index < -0.39 is 0 Å². The number of rotatable bonds is 8. The molecule has 4 rings (SSSR count). The van der Waals surface area contributed by atoms with Gasteiger partial charge in [0.05, 0.1) is 18.9 Å². The van der Waals surface area contributed by atoms with Crippen molar-refractivity contribution in [3.63, 3.8) is 0 Å². The summed E-state index contributed by atoms with van der Waals surface area (Å²) in [5.41, 5.74) is 0.785. The van der Waals surface area contributed by atoms with Gasteiger partial charge in [-0.15, -0.1) is 0 Å². The van der Waals surface area contributed by atoms with E-state index in [2.05, 4.69) is 15.4 Å². The normalized spacial score (nSPS) is 25.3. The van der Waals surface area contributed by atoms with Gasteiger partial charge in [0.15, 0.2) is 0 Å². The fourth-order valence-corrected chi connectivity index (χ4v) is 4.38. The molecule has 0 radical (unpaired) electrons. The average molecular weight is 405 g/mol. The lowest BCUT2D eigenvalue weighted by atomic mass is 10.1. The van der Waals surface area contributed by atoms with Crippen LogP contribution in [0.15, 0.2) is 10.6 Å². The number of aryl methyl sites for hydroxylation is 1. The molecule has 2 saturated heterocycles. The van der Waals surface area contributed by atoms with E-state index in [-0.39, 0.29) is 29.7 Å². The molecule has 2 atom stereocenters. The smallest absolute Gasteiger partial charge is 0.289 e. The summed E-state index contributed by atoms with van der Waals surface area (Å²) in [4.78, 5) is 29.6. The van der Waals surface area contributed by atoms with Crippen molar-refractivity contribution in [2.24, 2.45) is 5.92 Å². The highest BCUT2D eigenvalue weighted by Gasteiger charge is 2.38. The van der Waals surface area contributed by atoms with Crippen LogP contribution in [0.25, 0.3) is 0 Å². The van der Waals surface area contributed by atoms with E-state index in [1.807, 2.05) is 11.8 Å². The molecule has 3 aliphatic rings. The standard InChI is InChI=1S/C21H32N4O4/c1-2-16-11-19(29-23-16)21(27)22-13-18-6-5-17(25(18)14-15-3-4-15)12-20(26)24-7-9-28-10-8-24/h11,15,17-18H,2-10,12-14H2,1H3,(H,22,27)/t17-,18+/m1/s1. The average Bonchev–Trinajstić information content (AvgIpc) is 3.30. The third-order valence-electron chi connectivity index (χ3n) is 6.35. The first-order valence-corrected chi connectivity index (χ1v) is 11.0. The summed E-state index contributed by atoms with van der Waals surface area (Å²) in [6.45, 7) is 6.26. The molecule has 0 unspecified atom stereocenters. The van der Waals surface area contributed by atoms with Crippen LogP contribution >= 0.6 is 0 Å². The molecule has 3 fully saturated rings. The molecule has 1 N–H and O–H groups in total. The highest BCUT2D eigenvalue weighted by atomic mass is 16.5. The minimum absolute atomic E-state index is 0.212. The second-order valence-corrected chi connectivity index (χ2v) is 8.47. The van der Waals surface area contributed by atoms with Crippen molar-refractivity contribution in [1.29, 1.82) is 0 Å². The van der Waals surface area contributed by atoms with Gasteiger partial charge in [-0.05, 0) is 38.0 Å². The van der Waals surface area contributed by atoms with E-state index in [4.69, 9.17) is 9.26 Å². The maximum Gasteiger partial charge on any atom is 0.289 e. The molecular formula is C21H32N4O4. The number of nitrogens with zero attached hydrogens (tertiary/aromatic N) is 3. The zero-order valence-electron chi connectivity index (χ0n) is 17.3. The zero-order chi connectivity index (χ0) is 20.2. The predicted octanol–water partition coefficient (Wildman–Crippen LogP) is 1.46. The molecule has 3 heterocycles. The number of carbonyl (C=O) groups is 2. The van der Waals surface area contributed by atoms with Crippen LogP contribution in [0.3, 0.4) is 0 Å². The number of amides is 2. The van der Waals surface area contributed by atoms with E-state index in [9.17, 15) is 9.59 Å². The third-order valence-corrected chi connectivity index (χ3v) is 6.35. The van der Waals surface area contributed by atoms with Crippen LogP contribution in [0.4, 0.5) is 0 Å². The first-order valence-electron chi connectivity index (χ1n) is 11.0. The Kier molecular flexibility index (Phi) is 6.50. The number of ether oxygens (including phenoxy) is 1. The van der Waals surface area contributed by atoms with Crippen molar-refractivity contribution in [2.45, 2.75) is 57.5 Å². The minimum Gasteiger partial charge on any atom is -0.378 e. The largest absolute Gasteiger partial charge is 0.378 e. The molecule has 0 aromatic carbocycles. The van der Waals surface area contributed by atoms with Gasteiger partial charge in [0.1, 0.15) is 0 Å². The number of aromatic nitrogens is 1. The molecule has 1 aromatic rings. The SMILES string of the molecule is CCc1cc(C(=O)NC[C@@H]2CC[C@H](CC(=O)N3CCOCC3)N2CC2CC2)on1. The fraction of sp³-hybridized carbons (Fsp3) is 0.762. The van der Waals surface area contributed by atoms with E-state index in [1.54, 1.807) is 6.07 Å². The van der Waals surface area contributed by atoms with E-state index >= 15 is 0 Å². The van der Waals surface area contributed by atoms with Crippen LogP contribution in [0.5, 0.6) is 0 Å². The summed E-state index contributed by atoms with van der Waals surface area (Å²) < 4.78 is 10.5. The lowest BCUT2D eigenvalue weighted by molar-refractivity contribution is -0.136. The fourth-order valence-electron chi connectivity index (χ4n) is 4.38. The van der Waals surface area contributed by atoms with E-state index in [1.165, 1.54) is 12.8 Å². The molecule has 160 valence electrons. The van der Waals surface area contributed by atoms with Gasteiger partial charge in [-0.2, -0.15) is 0 Å². The Morgan fingerprint density at radius 3 is 2.62 bits per heavy atom. The van der Waals surface area contributed by atoms with Gasteiger partial charge >= 0.3 is 0 Å². The summed E-state index contributed by atoms with van der Waals surface area (Å²) >= 11 is 0. The maximum atomic E-state index is 12.7. The Balaban J connectivity index is 1.32. The van der Waals surface area contributed by atoms with E-state index in [0.717, 1.165) is 37.4 Å². The third kappa shape index (κ3) is 5.17. The molecule has 29 heavy (non-hydrogen) atoms. The van der Waals surface area contributed by atoms with Crippen molar-refractivity contribution < 1.29 is 18.8 Å². The zero-order valence-corrected chi connectivity index (χ0v) is 17.3. The quantitative estimate of drug-likeness (QED) is 0.706. The van der Waals surface area contributed by atoms with E-state index in [0.29, 0.717) is 39.3 Å². The second kappa shape index (κ2) is 9.26. The number of hydrogen-bond acceptors (Lipinski definition) is 6. The Hall–Kier alpha value is -1.93. The summed E-state index contributed by atoms with van der Waals surface area (Å²) in [6, 6.07) is 2.25. The van der Waals surface area contributed by atoms with Crippen molar-refractivity contribution in [3.8, 4) is 0 Å². The van der Waals surface area contributed by atoms with Crippen LogP contribution in [0.2, 0.25) is 0 Å². The Morgan fingerprint density at radius 2 is 1.93 bits per heavy atom. The number of likely N-dealkylation sites (tertiary alicyclic amines) is 1. The van der Waals surface area contributed by atoms with Gasteiger partial charge in [-0.25, -0.2) is 0 Å². The molecular weight excluding hydrogens is 372 g/mol. The highest BCUT2D eigenvalue weighted by Crippen LogP contribution is 2.35. The van der Waals surface area contributed by atoms with Gasteiger partial charge in [0.25, 0.3) is 5.91 Å². The molecule has 1 aliphatic carbocycles. The van der Waals surface area contributed by atoms with Gasteiger partial charge in [0, 0.05) is 50.7 Å². The molecule has 1 aromatic heterocycles. The number of nitrogens with one attached hydrogen (secondary N) is 1. The van der Waals surface area contributed by atoms with Crippen molar-refractivity contribution >= 4 is 11.8 Å². The van der Waals surface area contributed by atoms with Crippen LogP contribution in [0, 0.1) is 5.92 Å². The Morgan fingerprint density at radius 1 is 1.17 bits per heavy atom. The highest BCUT2D eigenvalue weighted by molar-refractivity contribution is 5.91. The van der Waals surface area contributed by atoms with Crippen LogP contribution in [0.1, 0.15) is 55.3 Å².